The molecule has 2 aromatic rings. The van der Waals surface area contributed by atoms with Crippen LogP contribution in [0.4, 0.5) is 4.39 Å². The number of H-pyrrole nitrogens is 1. The molecule has 1 aliphatic rings. The fourth-order valence-corrected chi connectivity index (χ4v) is 2.85. The summed E-state index contributed by atoms with van der Waals surface area (Å²) in [6.45, 7) is 2.36. The molecule has 3 nitrogen and oxygen atoms in total. The van der Waals surface area contributed by atoms with E-state index >= 15 is 0 Å². The number of carbonyl (C=O) groups excluding carboxylic acids is 1. The van der Waals surface area contributed by atoms with Crippen molar-refractivity contribution in [2.45, 2.75) is 25.8 Å². The number of benzene rings is 1. The lowest BCUT2D eigenvalue weighted by molar-refractivity contribution is 0.0728. The molecule has 0 saturated carbocycles. The molecule has 1 aromatic carbocycles. The Balaban J connectivity index is 1.92. The molecule has 1 aromatic heterocycles. The first-order valence-corrected chi connectivity index (χ1v) is 6.88. The summed E-state index contributed by atoms with van der Waals surface area (Å²) >= 11 is 0. The first-order valence-electron chi connectivity index (χ1n) is 6.88. The van der Waals surface area contributed by atoms with Crippen molar-refractivity contribution in [3.05, 3.63) is 59.2 Å². The van der Waals surface area contributed by atoms with Gasteiger partial charge in [0.15, 0.2) is 0 Å². The summed E-state index contributed by atoms with van der Waals surface area (Å²) in [6, 6.07) is 8.89. The molecule has 1 N–H and O–H groups in total. The van der Waals surface area contributed by atoms with Crippen molar-refractivity contribution in [3.8, 4) is 0 Å². The van der Waals surface area contributed by atoms with Gasteiger partial charge in [0.25, 0.3) is 5.91 Å². The Hall–Kier alpha value is -2.10. The van der Waals surface area contributed by atoms with Gasteiger partial charge < -0.3 is 9.88 Å². The Bertz CT molecular complexity index is 621. The third kappa shape index (κ3) is 2.11. The van der Waals surface area contributed by atoms with Crippen molar-refractivity contribution in [1.29, 1.82) is 0 Å². The molecule has 4 heteroatoms. The highest BCUT2D eigenvalue weighted by Crippen LogP contribution is 2.32. The number of aromatic nitrogens is 1. The van der Waals surface area contributed by atoms with Gasteiger partial charge in [0.05, 0.1) is 11.6 Å². The van der Waals surface area contributed by atoms with Crippen molar-refractivity contribution < 1.29 is 9.18 Å². The van der Waals surface area contributed by atoms with Crippen LogP contribution in [0.2, 0.25) is 0 Å². The topological polar surface area (TPSA) is 36.1 Å². The van der Waals surface area contributed by atoms with Crippen LogP contribution in [0, 0.1) is 12.7 Å². The molecule has 1 aliphatic heterocycles. The number of carbonyl (C=O) groups is 1. The van der Waals surface area contributed by atoms with Crippen molar-refractivity contribution >= 4 is 5.91 Å². The second-order valence-corrected chi connectivity index (χ2v) is 5.22. The average molecular weight is 272 g/mol. The summed E-state index contributed by atoms with van der Waals surface area (Å²) in [5.74, 6) is -0.627. The van der Waals surface area contributed by atoms with Gasteiger partial charge in [0.1, 0.15) is 5.82 Å². The van der Waals surface area contributed by atoms with Crippen molar-refractivity contribution in [3.63, 3.8) is 0 Å². The molecular formula is C16H17FN2O. The predicted octanol–water partition coefficient (Wildman–Crippen LogP) is 3.44. The van der Waals surface area contributed by atoms with Gasteiger partial charge in [0.2, 0.25) is 0 Å². The zero-order valence-electron chi connectivity index (χ0n) is 11.4. The van der Waals surface area contributed by atoms with Crippen LogP contribution in [-0.2, 0) is 0 Å². The van der Waals surface area contributed by atoms with E-state index in [9.17, 15) is 9.18 Å². The minimum absolute atomic E-state index is 0.0254. The molecule has 3 rings (SSSR count). The lowest BCUT2D eigenvalue weighted by Crippen LogP contribution is -2.31. The number of amides is 1. The number of halogens is 1. The zero-order chi connectivity index (χ0) is 14.1. The van der Waals surface area contributed by atoms with Gasteiger partial charge in [-0.2, -0.15) is 0 Å². The van der Waals surface area contributed by atoms with Gasteiger partial charge in [-0.3, -0.25) is 4.79 Å². The van der Waals surface area contributed by atoms with Gasteiger partial charge in [-0.1, -0.05) is 12.1 Å². The summed E-state index contributed by atoms with van der Waals surface area (Å²) in [5, 5.41) is 0. The quantitative estimate of drug-likeness (QED) is 0.893. The lowest BCUT2D eigenvalue weighted by Gasteiger charge is -2.24. The van der Waals surface area contributed by atoms with Crippen LogP contribution in [0.25, 0.3) is 0 Å². The molecule has 1 fully saturated rings. The number of aromatic amines is 1. The van der Waals surface area contributed by atoms with Crippen molar-refractivity contribution in [1.82, 2.24) is 9.88 Å². The van der Waals surface area contributed by atoms with E-state index in [1.807, 2.05) is 18.3 Å². The Kier molecular flexibility index (Phi) is 3.30. The SMILES string of the molecule is Cc1cccc(C(=O)N2CCCC2c2ccc[nH]2)c1F. The molecule has 1 saturated heterocycles. The van der Waals surface area contributed by atoms with Crippen LogP contribution in [-0.4, -0.2) is 22.3 Å². The van der Waals surface area contributed by atoms with E-state index < -0.39 is 5.82 Å². The van der Waals surface area contributed by atoms with E-state index in [0.29, 0.717) is 12.1 Å². The summed E-state index contributed by atoms with van der Waals surface area (Å²) < 4.78 is 14.1. The molecule has 1 atom stereocenters. The standard InChI is InChI=1S/C16H17FN2O/c1-11-5-2-6-12(15(11)17)16(20)19-10-4-8-14(19)13-7-3-9-18-13/h2-3,5-7,9,14,18H,4,8,10H2,1H3. The van der Waals surface area contributed by atoms with Gasteiger partial charge in [0, 0.05) is 18.4 Å². The van der Waals surface area contributed by atoms with Crippen molar-refractivity contribution in [2.75, 3.05) is 6.54 Å². The maximum absolute atomic E-state index is 14.1. The molecule has 104 valence electrons. The largest absolute Gasteiger partial charge is 0.363 e. The molecule has 0 aliphatic carbocycles. The van der Waals surface area contributed by atoms with Crippen LogP contribution < -0.4 is 0 Å². The monoisotopic (exact) mass is 272 g/mol. The van der Waals surface area contributed by atoms with Gasteiger partial charge in [-0.05, 0) is 43.5 Å². The first kappa shape index (κ1) is 12.9. The Morgan fingerprint density at radius 3 is 2.95 bits per heavy atom. The van der Waals surface area contributed by atoms with Gasteiger partial charge in [-0.15, -0.1) is 0 Å². The predicted molar refractivity (Wildman–Crippen MR) is 74.9 cm³/mol. The highest BCUT2D eigenvalue weighted by atomic mass is 19.1. The maximum atomic E-state index is 14.1. The molecular weight excluding hydrogens is 255 g/mol. The first-order chi connectivity index (χ1) is 9.68. The van der Waals surface area contributed by atoms with Gasteiger partial charge in [-0.25, -0.2) is 4.39 Å². The summed E-state index contributed by atoms with van der Waals surface area (Å²) in [5.41, 5.74) is 1.69. The van der Waals surface area contributed by atoms with Crippen LogP contribution in [0.5, 0.6) is 0 Å². The minimum Gasteiger partial charge on any atom is -0.363 e. The van der Waals surface area contributed by atoms with E-state index in [-0.39, 0.29) is 17.5 Å². The zero-order valence-corrected chi connectivity index (χ0v) is 11.4. The second-order valence-electron chi connectivity index (χ2n) is 5.22. The van der Waals surface area contributed by atoms with Crippen LogP contribution in [0.1, 0.15) is 40.5 Å². The van der Waals surface area contributed by atoms with Gasteiger partial charge >= 0.3 is 0 Å². The lowest BCUT2D eigenvalue weighted by atomic mass is 10.1. The maximum Gasteiger partial charge on any atom is 0.257 e. The molecule has 2 heterocycles. The normalized spacial score (nSPS) is 18.5. The molecule has 1 unspecified atom stereocenters. The Labute approximate surface area is 117 Å². The molecule has 0 radical (unpaired) electrons. The van der Waals surface area contributed by atoms with Crippen LogP contribution >= 0.6 is 0 Å². The highest BCUT2D eigenvalue weighted by Gasteiger charge is 2.32. The minimum atomic E-state index is -0.408. The number of aryl methyl sites for hydroxylation is 1. The average Bonchev–Trinajstić information content (AvgIpc) is 3.10. The summed E-state index contributed by atoms with van der Waals surface area (Å²) in [7, 11) is 0. The van der Waals surface area contributed by atoms with E-state index in [0.717, 1.165) is 18.5 Å². The Morgan fingerprint density at radius 2 is 2.20 bits per heavy atom. The third-order valence-electron chi connectivity index (χ3n) is 3.92. The van der Waals surface area contributed by atoms with E-state index in [1.54, 1.807) is 30.0 Å². The number of likely N-dealkylation sites (tertiary alicyclic amines) is 1. The van der Waals surface area contributed by atoms with E-state index in [4.69, 9.17) is 0 Å². The van der Waals surface area contributed by atoms with Crippen LogP contribution in [0.3, 0.4) is 0 Å². The molecule has 0 spiro atoms. The third-order valence-corrected chi connectivity index (χ3v) is 3.92. The number of hydrogen-bond donors (Lipinski definition) is 1. The number of nitrogens with zero attached hydrogens (tertiary/aromatic N) is 1. The summed E-state index contributed by atoms with van der Waals surface area (Å²) in [4.78, 5) is 17.5. The fourth-order valence-electron chi connectivity index (χ4n) is 2.85. The van der Waals surface area contributed by atoms with Crippen molar-refractivity contribution in [2.24, 2.45) is 0 Å². The fraction of sp³-hybridized carbons (Fsp3) is 0.312. The van der Waals surface area contributed by atoms with Crippen LogP contribution in [0.15, 0.2) is 36.5 Å². The van der Waals surface area contributed by atoms with E-state index in [2.05, 4.69) is 4.98 Å². The molecule has 20 heavy (non-hydrogen) atoms. The number of rotatable bonds is 2. The van der Waals surface area contributed by atoms with E-state index in [1.165, 1.54) is 0 Å². The smallest absolute Gasteiger partial charge is 0.257 e. The second kappa shape index (κ2) is 5.12. The summed E-state index contributed by atoms with van der Waals surface area (Å²) in [6.07, 6.45) is 3.71. The Morgan fingerprint density at radius 1 is 1.35 bits per heavy atom. The number of nitrogens with one attached hydrogen (secondary N) is 1. The number of hydrogen-bond acceptors (Lipinski definition) is 1. The highest BCUT2D eigenvalue weighted by molar-refractivity contribution is 5.95. The molecule has 0 bridgehead atoms. The molecule has 1 amide bonds.